The van der Waals surface area contributed by atoms with Gasteiger partial charge in [-0.2, -0.15) is 0 Å². The summed E-state index contributed by atoms with van der Waals surface area (Å²) in [6, 6.07) is 10.6. The van der Waals surface area contributed by atoms with E-state index in [2.05, 4.69) is 58.0 Å². The van der Waals surface area contributed by atoms with Crippen LogP contribution in [-0.2, 0) is 6.42 Å². The Balaban J connectivity index is 0. The average Bonchev–Trinajstić information content (AvgIpc) is 3.27. The van der Waals surface area contributed by atoms with E-state index in [-0.39, 0.29) is 0 Å². The summed E-state index contributed by atoms with van der Waals surface area (Å²) in [5.74, 6) is 2.83. The number of benzene rings is 1. The van der Waals surface area contributed by atoms with Crippen molar-refractivity contribution in [2.45, 2.75) is 81.1 Å². The second kappa shape index (κ2) is 15.6. The molecule has 0 heteroatoms. The maximum absolute atomic E-state index is 2.30. The summed E-state index contributed by atoms with van der Waals surface area (Å²) in [4.78, 5) is 0. The monoisotopic (exact) mass is 292 g/mol. The zero-order valence-corrected chi connectivity index (χ0v) is 15.9. The molecular weight excluding hydrogens is 252 g/mol. The molecule has 0 unspecified atom stereocenters. The van der Waals surface area contributed by atoms with Crippen LogP contribution in [0.3, 0.4) is 0 Å². The Morgan fingerprint density at radius 3 is 1.57 bits per heavy atom. The molecule has 0 aromatic heterocycles. The molecule has 1 fully saturated rings. The minimum absolute atomic E-state index is 0.766. The lowest BCUT2D eigenvalue weighted by Gasteiger charge is -2.02. The van der Waals surface area contributed by atoms with Crippen LogP contribution in [0.25, 0.3) is 0 Å². The molecule has 0 N–H and O–H groups in total. The summed E-state index contributed by atoms with van der Waals surface area (Å²) in [7, 11) is 0. The Hall–Kier alpha value is -0.780. The fourth-order valence-electron chi connectivity index (χ4n) is 2.11. The minimum atomic E-state index is 0.766. The van der Waals surface area contributed by atoms with E-state index in [9.17, 15) is 0 Å². The van der Waals surface area contributed by atoms with Crippen molar-refractivity contribution in [1.29, 1.82) is 0 Å². The van der Waals surface area contributed by atoms with Crippen LogP contribution in [0.4, 0.5) is 0 Å². The third-order valence-corrected chi connectivity index (χ3v) is 2.99. The number of hydrogen-bond acceptors (Lipinski definition) is 0. The van der Waals surface area contributed by atoms with Gasteiger partial charge >= 0.3 is 0 Å². The molecule has 124 valence electrons. The molecule has 0 atom stereocenters. The van der Waals surface area contributed by atoms with Crippen molar-refractivity contribution in [3.05, 3.63) is 35.9 Å². The van der Waals surface area contributed by atoms with Gasteiger partial charge in [0.1, 0.15) is 0 Å². The second-order valence-electron chi connectivity index (χ2n) is 6.16. The van der Waals surface area contributed by atoms with Gasteiger partial charge in [-0.3, -0.25) is 0 Å². The molecule has 0 nitrogen and oxygen atoms in total. The summed E-state index contributed by atoms with van der Waals surface area (Å²) in [6.07, 6.45) is 5.69. The van der Waals surface area contributed by atoms with Crippen LogP contribution in [0.2, 0.25) is 0 Å². The first-order chi connectivity index (χ1) is 10.1. The van der Waals surface area contributed by atoms with Crippen LogP contribution in [0.5, 0.6) is 0 Å². The Morgan fingerprint density at radius 1 is 0.810 bits per heavy atom. The van der Waals surface area contributed by atoms with Crippen molar-refractivity contribution in [2.75, 3.05) is 0 Å². The van der Waals surface area contributed by atoms with Crippen LogP contribution in [-0.4, -0.2) is 0 Å². The molecule has 0 aliphatic heterocycles. The predicted molar refractivity (Wildman–Crippen MR) is 99.9 cm³/mol. The third kappa shape index (κ3) is 17.2. The SMILES string of the molecule is CC.CC.CC(C)CC1CC1.CC(C)Cc1ccccc1. The van der Waals surface area contributed by atoms with Gasteiger partial charge in [-0.05, 0) is 36.2 Å². The maximum Gasteiger partial charge on any atom is -0.0256 e. The second-order valence-corrected chi connectivity index (χ2v) is 6.16. The first-order valence-electron chi connectivity index (χ1n) is 9.11. The van der Waals surface area contributed by atoms with E-state index in [1.54, 1.807) is 0 Å². The van der Waals surface area contributed by atoms with Gasteiger partial charge in [0.05, 0.1) is 0 Å². The third-order valence-electron chi connectivity index (χ3n) is 2.99. The summed E-state index contributed by atoms with van der Waals surface area (Å²) < 4.78 is 0. The van der Waals surface area contributed by atoms with E-state index in [1.807, 2.05) is 27.7 Å². The van der Waals surface area contributed by atoms with Crippen molar-refractivity contribution in [2.24, 2.45) is 17.8 Å². The highest BCUT2D eigenvalue weighted by Crippen LogP contribution is 2.34. The van der Waals surface area contributed by atoms with Crippen LogP contribution in [0.1, 0.15) is 80.2 Å². The van der Waals surface area contributed by atoms with E-state index < -0.39 is 0 Å². The number of hydrogen-bond donors (Lipinski definition) is 0. The van der Waals surface area contributed by atoms with Gasteiger partial charge in [0.15, 0.2) is 0 Å². The molecule has 0 spiro atoms. The van der Waals surface area contributed by atoms with Crippen molar-refractivity contribution in [3.63, 3.8) is 0 Å². The molecule has 0 radical (unpaired) electrons. The lowest BCUT2D eigenvalue weighted by molar-refractivity contribution is 0.541. The molecule has 1 aliphatic rings. The molecule has 2 rings (SSSR count). The van der Waals surface area contributed by atoms with Gasteiger partial charge < -0.3 is 0 Å². The van der Waals surface area contributed by atoms with Crippen molar-refractivity contribution in [1.82, 2.24) is 0 Å². The highest BCUT2D eigenvalue weighted by Gasteiger charge is 2.21. The van der Waals surface area contributed by atoms with Gasteiger partial charge in [-0.1, -0.05) is 98.6 Å². The molecule has 0 amide bonds. The van der Waals surface area contributed by atoms with Gasteiger partial charge in [0.2, 0.25) is 0 Å². The molecule has 0 heterocycles. The molecule has 0 bridgehead atoms. The summed E-state index contributed by atoms with van der Waals surface area (Å²) >= 11 is 0. The van der Waals surface area contributed by atoms with Crippen LogP contribution in [0, 0.1) is 17.8 Å². The highest BCUT2D eigenvalue weighted by atomic mass is 14.3. The van der Waals surface area contributed by atoms with E-state index in [1.165, 1.54) is 31.2 Å². The topological polar surface area (TPSA) is 0 Å². The van der Waals surface area contributed by atoms with Gasteiger partial charge in [-0.15, -0.1) is 0 Å². The van der Waals surface area contributed by atoms with Crippen molar-refractivity contribution in [3.8, 4) is 0 Å². The first-order valence-corrected chi connectivity index (χ1v) is 9.11. The molecule has 1 saturated carbocycles. The average molecular weight is 293 g/mol. The van der Waals surface area contributed by atoms with Crippen LogP contribution in [0.15, 0.2) is 30.3 Å². The fourth-order valence-corrected chi connectivity index (χ4v) is 2.11. The Labute approximate surface area is 135 Å². The van der Waals surface area contributed by atoms with E-state index >= 15 is 0 Å². The quantitative estimate of drug-likeness (QED) is 0.543. The van der Waals surface area contributed by atoms with Gasteiger partial charge in [-0.25, -0.2) is 0 Å². The Morgan fingerprint density at radius 2 is 1.29 bits per heavy atom. The highest BCUT2D eigenvalue weighted by molar-refractivity contribution is 5.14. The van der Waals surface area contributed by atoms with E-state index in [0.717, 1.165) is 17.8 Å². The Bertz CT molecular complexity index is 280. The molecule has 1 aromatic carbocycles. The molecule has 21 heavy (non-hydrogen) atoms. The Kier molecular flexibility index (Phi) is 16.7. The summed E-state index contributed by atoms with van der Waals surface area (Å²) in [5, 5.41) is 0. The van der Waals surface area contributed by atoms with E-state index in [0.29, 0.717) is 0 Å². The molecular formula is C21H40. The minimum Gasteiger partial charge on any atom is -0.0683 e. The predicted octanol–water partition coefficient (Wildman–Crippen LogP) is 7.38. The normalized spacial score (nSPS) is 12.5. The van der Waals surface area contributed by atoms with Gasteiger partial charge in [0, 0.05) is 0 Å². The van der Waals surface area contributed by atoms with E-state index in [4.69, 9.17) is 0 Å². The fraction of sp³-hybridized carbons (Fsp3) is 0.714. The van der Waals surface area contributed by atoms with Gasteiger partial charge in [0.25, 0.3) is 0 Å². The van der Waals surface area contributed by atoms with Crippen molar-refractivity contribution >= 4 is 0 Å². The largest absolute Gasteiger partial charge is 0.0683 e. The number of rotatable bonds is 4. The zero-order chi connectivity index (χ0) is 16.7. The maximum atomic E-state index is 2.30. The summed E-state index contributed by atoms with van der Waals surface area (Å²) in [6.45, 7) is 17.1. The lowest BCUT2D eigenvalue weighted by Crippen LogP contribution is -1.92. The van der Waals surface area contributed by atoms with Crippen molar-refractivity contribution < 1.29 is 0 Å². The zero-order valence-electron chi connectivity index (χ0n) is 15.9. The molecule has 1 aromatic rings. The lowest BCUT2D eigenvalue weighted by atomic mass is 10.0. The molecule has 0 saturated heterocycles. The van der Waals surface area contributed by atoms with Crippen LogP contribution >= 0.6 is 0 Å². The van der Waals surface area contributed by atoms with Crippen LogP contribution < -0.4 is 0 Å². The standard InChI is InChI=1S/C10H14.C7H14.2C2H6/c1-9(2)8-10-6-4-3-5-7-10;1-6(2)5-7-3-4-7;2*1-2/h3-7,9H,8H2,1-2H3;6-7H,3-5H2,1-2H3;2*1-2H3. The summed E-state index contributed by atoms with van der Waals surface area (Å²) in [5.41, 5.74) is 1.44. The smallest absolute Gasteiger partial charge is 0.0256 e. The molecule has 1 aliphatic carbocycles. The first kappa shape index (κ1) is 22.5.